The van der Waals surface area contributed by atoms with Gasteiger partial charge in [-0.15, -0.1) is 0 Å². The SMILES string of the molecule is Fc1ccc(CN2CCN(Cc3ccc4c(c3)CCO4)CC2)cc1. The molecule has 3 nitrogen and oxygen atoms in total. The van der Waals surface area contributed by atoms with Crippen LogP contribution in [-0.2, 0) is 19.5 Å². The summed E-state index contributed by atoms with van der Waals surface area (Å²) < 4.78 is 18.6. The Morgan fingerprint density at radius 3 is 2.17 bits per heavy atom. The zero-order chi connectivity index (χ0) is 16.4. The van der Waals surface area contributed by atoms with Crippen molar-refractivity contribution in [3.63, 3.8) is 0 Å². The molecule has 0 spiro atoms. The van der Waals surface area contributed by atoms with Crippen molar-refractivity contribution in [3.05, 3.63) is 65.0 Å². The second-order valence-electron chi connectivity index (χ2n) is 6.72. The van der Waals surface area contributed by atoms with Gasteiger partial charge in [-0.3, -0.25) is 9.80 Å². The summed E-state index contributed by atoms with van der Waals surface area (Å²) in [6, 6.07) is 13.5. The van der Waals surface area contributed by atoms with Crippen molar-refractivity contribution in [2.24, 2.45) is 0 Å². The smallest absolute Gasteiger partial charge is 0.123 e. The number of hydrogen-bond acceptors (Lipinski definition) is 3. The van der Waals surface area contributed by atoms with Crippen molar-refractivity contribution in [1.82, 2.24) is 9.80 Å². The molecule has 0 radical (unpaired) electrons. The summed E-state index contributed by atoms with van der Waals surface area (Å²) >= 11 is 0. The molecule has 2 aliphatic heterocycles. The van der Waals surface area contributed by atoms with E-state index >= 15 is 0 Å². The Labute approximate surface area is 142 Å². The van der Waals surface area contributed by atoms with Gasteiger partial charge in [-0.2, -0.15) is 0 Å². The van der Waals surface area contributed by atoms with Crippen LogP contribution in [-0.4, -0.2) is 42.6 Å². The van der Waals surface area contributed by atoms with Crippen LogP contribution in [0.4, 0.5) is 4.39 Å². The third-order valence-electron chi connectivity index (χ3n) is 4.94. The first-order valence-electron chi connectivity index (χ1n) is 8.70. The Morgan fingerprint density at radius 1 is 0.833 bits per heavy atom. The molecule has 4 rings (SSSR count). The third-order valence-corrected chi connectivity index (χ3v) is 4.94. The highest BCUT2D eigenvalue weighted by molar-refractivity contribution is 5.39. The molecule has 0 saturated carbocycles. The van der Waals surface area contributed by atoms with Crippen molar-refractivity contribution in [1.29, 1.82) is 0 Å². The van der Waals surface area contributed by atoms with Crippen LogP contribution in [0, 0.1) is 5.82 Å². The van der Waals surface area contributed by atoms with Crippen LogP contribution in [0.5, 0.6) is 5.75 Å². The van der Waals surface area contributed by atoms with Crippen LogP contribution >= 0.6 is 0 Å². The molecule has 24 heavy (non-hydrogen) atoms. The molecule has 126 valence electrons. The van der Waals surface area contributed by atoms with Crippen LogP contribution in [0.25, 0.3) is 0 Å². The fourth-order valence-electron chi connectivity index (χ4n) is 3.55. The quantitative estimate of drug-likeness (QED) is 0.859. The minimum Gasteiger partial charge on any atom is -0.493 e. The van der Waals surface area contributed by atoms with E-state index in [-0.39, 0.29) is 5.82 Å². The summed E-state index contributed by atoms with van der Waals surface area (Å²) in [5, 5.41) is 0. The highest BCUT2D eigenvalue weighted by Gasteiger charge is 2.18. The normalized spacial score (nSPS) is 18.4. The lowest BCUT2D eigenvalue weighted by molar-refractivity contribution is 0.122. The Hall–Kier alpha value is -1.91. The molecule has 0 atom stereocenters. The van der Waals surface area contributed by atoms with Crippen LogP contribution in [0.15, 0.2) is 42.5 Å². The molecule has 0 bridgehead atoms. The number of nitrogens with zero attached hydrogens (tertiary/aromatic N) is 2. The van der Waals surface area contributed by atoms with Crippen LogP contribution in [0.2, 0.25) is 0 Å². The maximum Gasteiger partial charge on any atom is 0.123 e. The topological polar surface area (TPSA) is 15.7 Å². The van der Waals surface area contributed by atoms with Gasteiger partial charge < -0.3 is 4.74 Å². The number of rotatable bonds is 4. The monoisotopic (exact) mass is 326 g/mol. The summed E-state index contributed by atoms with van der Waals surface area (Å²) in [5.41, 5.74) is 3.91. The molecule has 2 aromatic carbocycles. The molecule has 2 aromatic rings. The van der Waals surface area contributed by atoms with Gasteiger partial charge in [0.1, 0.15) is 11.6 Å². The Kier molecular flexibility index (Phi) is 4.50. The van der Waals surface area contributed by atoms with Crippen LogP contribution in [0.3, 0.4) is 0 Å². The lowest BCUT2D eigenvalue weighted by atomic mass is 10.1. The fraction of sp³-hybridized carbons (Fsp3) is 0.400. The minimum atomic E-state index is -0.164. The first-order chi connectivity index (χ1) is 11.8. The van der Waals surface area contributed by atoms with Crippen molar-refractivity contribution >= 4 is 0 Å². The molecular formula is C20H23FN2O. The molecule has 0 unspecified atom stereocenters. The first kappa shape index (κ1) is 15.6. The summed E-state index contributed by atoms with van der Waals surface area (Å²) in [6.07, 6.45) is 1.04. The van der Waals surface area contributed by atoms with Gasteiger partial charge in [0, 0.05) is 45.7 Å². The minimum absolute atomic E-state index is 0.164. The second kappa shape index (κ2) is 6.91. The van der Waals surface area contributed by atoms with Crippen molar-refractivity contribution in [2.45, 2.75) is 19.5 Å². The maximum atomic E-state index is 13.0. The molecule has 0 aromatic heterocycles. The molecule has 1 fully saturated rings. The Morgan fingerprint density at radius 2 is 1.46 bits per heavy atom. The Bertz CT molecular complexity index is 693. The van der Waals surface area contributed by atoms with Gasteiger partial charge >= 0.3 is 0 Å². The average molecular weight is 326 g/mol. The van der Waals surface area contributed by atoms with Crippen molar-refractivity contribution in [3.8, 4) is 5.75 Å². The van der Waals surface area contributed by atoms with Gasteiger partial charge in [-0.1, -0.05) is 24.3 Å². The molecular weight excluding hydrogens is 303 g/mol. The van der Waals surface area contributed by atoms with E-state index in [1.165, 1.54) is 16.7 Å². The predicted molar refractivity (Wildman–Crippen MR) is 92.6 cm³/mol. The van der Waals surface area contributed by atoms with Gasteiger partial charge in [-0.05, 0) is 34.9 Å². The van der Waals surface area contributed by atoms with E-state index in [1.54, 1.807) is 12.1 Å². The molecule has 1 saturated heterocycles. The second-order valence-corrected chi connectivity index (χ2v) is 6.72. The number of benzene rings is 2. The molecule has 2 aliphatic rings. The van der Waals surface area contributed by atoms with Crippen LogP contribution < -0.4 is 4.74 Å². The summed E-state index contributed by atoms with van der Waals surface area (Å²) in [5.74, 6) is 0.895. The van der Waals surface area contributed by atoms with Crippen LogP contribution in [0.1, 0.15) is 16.7 Å². The van der Waals surface area contributed by atoms with E-state index < -0.39 is 0 Å². The zero-order valence-electron chi connectivity index (χ0n) is 13.9. The van der Waals surface area contributed by atoms with E-state index in [4.69, 9.17) is 4.74 Å². The summed E-state index contributed by atoms with van der Waals surface area (Å²) in [4.78, 5) is 4.96. The molecule has 2 heterocycles. The first-order valence-corrected chi connectivity index (χ1v) is 8.70. The number of halogens is 1. The van der Waals surface area contributed by atoms with Gasteiger partial charge in [0.15, 0.2) is 0 Å². The van der Waals surface area contributed by atoms with Crippen molar-refractivity contribution < 1.29 is 9.13 Å². The standard InChI is InChI=1S/C20H23FN2O/c21-19-4-1-16(2-5-19)14-22-8-10-23(11-9-22)15-17-3-6-20-18(13-17)7-12-24-20/h1-6,13H,7-12,14-15H2. The Balaban J connectivity index is 1.29. The van der Waals surface area contributed by atoms with E-state index in [0.717, 1.165) is 58.0 Å². The highest BCUT2D eigenvalue weighted by Crippen LogP contribution is 2.26. The lowest BCUT2D eigenvalue weighted by Gasteiger charge is -2.34. The highest BCUT2D eigenvalue weighted by atomic mass is 19.1. The largest absolute Gasteiger partial charge is 0.493 e. The summed E-state index contributed by atoms with van der Waals surface area (Å²) in [6.45, 7) is 7.02. The van der Waals surface area contributed by atoms with Gasteiger partial charge in [0.25, 0.3) is 0 Å². The third kappa shape index (κ3) is 3.60. The number of piperazine rings is 1. The molecule has 0 amide bonds. The van der Waals surface area contributed by atoms with Gasteiger partial charge in [0.2, 0.25) is 0 Å². The molecule has 4 heteroatoms. The number of ether oxygens (including phenoxy) is 1. The van der Waals surface area contributed by atoms with Gasteiger partial charge in [-0.25, -0.2) is 4.39 Å². The van der Waals surface area contributed by atoms with Gasteiger partial charge in [0.05, 0.1) is 6.61 Å². The predicted octanol–water partition coefficient (Wildman–Crippen LogP) is 3.08. The molecule has 0 aliphatic carbocycles. The van der Waals surface area contributed by atoms with E-state index in [1.807, 2.05) is 12.1 Å². The molecule has 0 N–H and O–H groups in total. The van der Waals surface area contributed by atoms with E-state index in [2.05, 4.69) is 28.0 Å². The average Bonchev–Trinajstić information content (AvgIpc) is 3.06. The number of fused-ring (bicyclic) bond motifs is 1. The maximum absolute atomic E-state index is 13.0. The van der Waals surface area contributed by atoms with E-state index in [0.29, 0.717) is 0 Å². The number of hydrogen-bond donors (Lipinski definition) is 0. The van der Waals surface area contributed by atoms with Crippen molar-refractivity contribution in [2.75, 3.05) is 32.8 Å². The summed E-state index contributed by atoms with van der Waals surface area (Å²) in [7, 11) is 0. The lowest BCUT2D eigenvalue weighted by Crippen LogP contribution is -2.45. The van der Waals surface area contributed by atoms with E-state index in [9.17, 15) is 4.39 Å². The zero-order valence-corrected chi connectivity index (χ0v) is 13.9. The fourth-order valence-corrected chi connectivity index (χ4v) is 3.55.